The average Bonchev–Trinajstić information content (AvgIpc) is 3.40. The largest absolute Gasteiger partial charge is 0.306 e. The van der Waals surface area contributed by atoms with Gasteiger partial charge < -0.3 is 5.32 Å². The van der Waals surface area contributed by atoms with E-state index in [9.17, 15) is 9.59 Å². The Hall–Kier alpha value is -3.95. The first kappa shape index (κ1) is 22.8. The predicted octanol–water partition coefficient (Wildman–Crippen LogP) is 4.78. The topological polar surface area (TPSA) is 110 Å². The normalized spacial score (nSPS) is 11.2. The van der Waals surface area contributed by atoms with Gasteiger partial charge in [0.15, 0.2) is 5.65 Å². The van der Waals surface area contributed by atoms with E-state index in [0.29, 0.717) is 27.6 Å². The number of hydrogen-bond acceptors (Lipinski definition) is 5. The molecule has 176 valence electrons. The summed E-state index contributed by atoms with van der Waals surface area (Å²) < 4.78 is 2.95. The molecule has 0 aliphatic rings. The molecule has 0 fully saturated rings. The highest BCUT2D eigenvalue weighted by atomic mass is 35.5. The van der Waals surface area contributed by atoms with Gasteiger partial charge in [-0.05, 0) is 62.2 Å². The van der Waals surface area contributed by atoms with E-state index in [0.717, 1.165) is 16.8 Å². The van der Waals surface area contributed by atoms with Crippen LogP contribution in [0.25, 0.3) is 22.7 Å². The van der Waals surface area contributed by atoms with Crippen molar-refractivity contribution in [3.63, 3.8) is 0 Å². The van der Waals surface area contributed by atoms with Crippen LogP contribution in [0.5, 0.6) is 0 Å². The van der Waals surface area contributed by atoms with Crippen molar-refractivity contribution in [3.8, 4) is 11.6 Å². The summed E-state index contributed by atoms with van der Waals surface area (Å²) in [5, 5.41) is 12.5. The number of H-pyrrole nitrogens is 1. The van der Waals surface area contributed by atoms with Crippen molar-refractivity contribution in [1.29, 1.82) is 0 Å². The number of rotatable bonds is 4. The Morgan fingerprint density at radius 2 is 1.80 bits per heavy atom. The number of benzene rings is 2. The summed E-state index contributed by atoms with van der Waals surface area (Å²) in [7, 11) is 0. The van der Waals surface area contributed by atoms with Crippen LogP contribution in [-0.4, -0.2) is 35.4 Å². The standard InChI is InChI=1S/C24H19Cl2N7O2/c1-12-4-6-16(8-13(12)2)32-21-18(11-27-32)23(35)30-24(29-21)33-20(9-14(3)31-33)28-22(34)17-10-15(25)5-7-19(17)26/h4-11H,1-3H3,(H,28,34)(H,29,30,35). The van der Waals surface area contributed by atoms with Crippen molar-refractivity contribution >= 4 is 46.0 Å². The van der Waals surface area contributed by atoms with Gasteiger partial charge in [-0.3, -0.25) is 14.6 Å². The first-order valence-electron chi connectivity index (χ1n) is 10.6. The van der Waals surface area contributed by atoms with Crippen molar-refractivity contribution in [2.75, 3.05) is 5.32 Å². The Morgan fingerprint density at radius 1 is 1.00 bits per heavy atom. The van der Waals surface area contributed by atoms with E-state index in [2.05, 4.69) is 25.5 Å². The Balaban J connectivity index is 1.60. The van der Waals surface area contributed by atoms with E-state index in [-0.39, 0.29) is 22.1 Å². The van der Waals surface area contributed by atoms with Crippen LogP contribution in [0.2, 0.25) is 10.0 Å². The zero-order valence-corrected chi connectivity index (χ0v) is 20.4. The molecule has 0 spiro atoms. The summed E-state index contributed by atoms with van der Waals surface area (Å²) in [6.45, 7) is 5.78. The third-order valence-electron chi connectivity index (χ3n) is 5.61. The maximum Gasteiger partial charge on any atom is 0.263 e. The van der Waals surface area contributed by atoms with Gasteiger partial charge in [0.05, 0.1) is 28.2 Å². The lowest BCUT2D eigenvalue weighted by Crippen LogP contribution is -2.19. The minimum atomic E-state index is -0.484. The van der Waals surface area contributed by atoms with E-state index in [1.165, 1.54) is 16.9 Å². The second-order valence-corrected chi connectivity index (χ2v) is 8.96. The highest BCUT2D eigenvalue weighted by Crippen LogP contribution is 2.23. The van der Waals surface area contributed by atoms with Gasteiger partial charge in [-0.1, -0.05) is 29.3 Å². The number of halogens is 2. The maximum atomic E-state index is 12.9. The van der Waals surface area contributed by atoms with Crippen LogP contribution in [0, 0.1) is 20.8 Å². The van der Waals surface area contributed by atoms with Gasteiger partial charge in [-0.25, -0.2) is 4.68 Å². The van der Waals surface area contributed by atoms with E-state index in [1.54, 1.807) is 29.8 Å². The summed E-state index contributed by atoms with van der Waals surface area (Å²) in [6.07, 6.45) is 1.47. The fourth-order valence-electron chi connectivity index (χ4n) is 3.66. The first-order valence-corrected chi connectivity index (χ1v) is 11.4. The molecule has 5 aromatic rings. The summed E-state index contributed by atoms with van der Waals surface area (Å²) in [5.74, 6) is -0.0702. The quantitative estimate of drug-likeness (QED) is 0.363. The number of carbonyl (C=O) groups excluding carboxylic acids is 1. The smallest absolute Gasteiger partial charge is 0.263 e. The lowest BCUT2D eigenvalue weighted by molar-refractivity contribution is 0.102. The number of aromatic amines is 1. The Morgan fingerprint density at radius 3 is 2.57 bits per heavy atom. The Labute approximate surface area is 209 Å². The molecule has 0 saturated heterocycles. The maximum absolute atomic E-state index is 12.9. The van der Waals surface area contributed by atoms with Crippen LogP contribution >= 0.6 is 23.2 Å². The lowest BCUT2D eigenvalue weighted by atomic mass is 10.1. The number of aromatic nitrogens is 6. The molecule has 3 heterocycles. The zero-order valence-electron chi connectivity index (χ0n) is 18.9. The van der Waals surface area contributed by atoms with Crippen LogP contribution < -0.4 is 10.9 Å². The second-order valence-electron chi connectivity index (χ2n) is 8.11. The Bertz CT molecular complexity index is 1680. The molecule has 35 heavy (non-hydrogen) atoms. The molecule has 1 amide bonds. The summed E-state index contributed by atoms with van der Waals surface area (Å²) in [5.41, 5.74) is 3.77. The van der Waals surface area contributed by atoms with Crippen molar-refractivity contribution in [3.05, 3.63) is 91.4 Å². The van der Waals surface area contributed by atoms with Crippen molar-refractivity contribution < 1.29 is 4.79 Å². The van der Waals surface area contributed by atoms with E-state index in [1.807, 2.05) is 32.0 Å². The van der Waals surface area contributed by atoms with Crippen molar-refractivity contribution in [2.45, 2.75) is 20.8 Å². The molecule has 0 aliphatic carbocycles. The van der Waals surface area contributed by atoms with Crippen LogP contribution in [0.1, 0.15) is 27.2 Å². The van der Waals surface area contributed by atoms with E-state index in [4.69, 9.17) is 23.2 Å². The third kappa shape index (κ3) is 4.20. The molecule has 0 aliphatic heterocycles. The number of anilines is 1. The molecule has 3 aromatic heterocycles. The fraction of sp³-hybridized carbons (Fsp3) is 0.125. The molecule has 11 heteroatoms. The predicted molar refractivity (Wildman–Crippen MR) is 135 cm³/mol. The number of nitrogens with one attached hydrogen (secondary N) is 2. The molecule has 0 bridgehead atoms. The molecular formula is C24H19Cl2N7O2. The van der Waals surface area contributed by atoms with Gasteiger partial charge in [-0.15, -0.1) is 0 Å². The van der Waals surface area contributed by atoms with Crippen LogP contribution in [0.15, 0.2) is 53.5 Å². The van der Waals surface area contributed by atoms with E-state index < -0.39 is 5.91 Å². The van der Waals surface area contributed by atoms with Crippen molar-refractivity contribution in [1.82, 2.24) is 29.5 Å². The molecule has 5 rings (SSSR count). The number of nitrogens with zero attached hydrogens (tertiary/aromatic N) is 5. The van der Waals surface area contributed by atoms with Crippen molar-refractivity contribution in [2.24, 2.45) is 0 Å². The highest BCUT2D eigenvalue weighted by molar-refractivity contribution is 6.36. The number of aryl methyl sites for hydroxylation is 3. The number of amides is 1. The van der Waals surface area contributed by atoms with Gasteiger partial charge in [0.1, 0.15) is 11.2 Å². The van der Waals surface area contributed by atoms with Crippen LogP contribution in [-0.2, 0) is 0 Å². The molecule has 9 nitrogen and oxygen atoms in total. The molecule has 0 saturated carbocycles. The summed E-state index contributed by atoms with van der Waals surface area (Å²) in [6, 6.07) is 12.1. The molecule has 0 radical (unpaired) electrons. The molecular weight excluding hydrogens is 489 g/mol. The third-order valence-corrected chi connectivity index (χ3v) is 6.17. The first-order chi connectivity index (χ1) is 16.7. The lowest BCUT2D eigenvalue weighted by Gasteiger charge is -2.10. The number of carbonyl (C=O) groups is 1. The molecule has 0 unspecified atom stereocenters. The second kappa shape index (κ2) is 8.68. The zero-order chi connectivity index (χ0) is 24.9. The molecule has 0 atom stereocenters. The molecule has 2 N–H and O–H groups in total. The highest BCUT2D eigenvalue weighted by Gasteiger charge is 2.19. The number of hydrogen-bond donors (Lipinski definition) is 2. The molecule has 2 aromatic carbocycles. The summed E-state index contributed by atoms with van der Waals surface area (Å²) >= 11 is 12.2. The minimum absolute atomic E-state index is 0.119. The van der Waals surface area contributed by atoms with Gasteiger partial charge in [0.25, 0.3) is 11.5 Å². The van der Waals surface area contributed by atoms with Gasteiger partial charge in [0, 0.05) is 11.1 Å². The van der Waals surface area contributed by atoms with E-state index >= 15 is 0 Å². The number of fused-ring (bicyclic) bond motifs is 1. The average molecular weight is 508 g/mol. The Kier molecular flexibility index (Phi) is 5.66. The summed E-state index contributed by atoms with van der Waals surface area (Å²) in [4.78, 5) is 33.1. The van der Waals surface area contributed by atoms with Crippen LogP contribution in [0.3, 0.4) is 0 Å². The minimum Gasteiger partial charge on any atom is -0.306 e. The van der Waals surface area contributed by atoms with Gasteiger partial charge in [0.2, 0.25) is 5.95 Å². The SMILES string of the molecule is Cc1cc(NC(=O)c2cc(Cl)ccc2Cl)n(-c2nc3c(cnn3-c3ccc(C)c(C)c3)c(=O)[nH]2)n1. The van der Waals surface area contributed by atoms with Gasteiger partial charge >= 0.3 is 0 Å². The van der Waals surface area contributed by atoms with Gasteiger partial charge in [-0.2, -0.15) is 19.9 Å². The van der Waals surface area contributed by atoms with Crippen LogP contribution in [0.4, 0.5) is 5.82 Å². The fourth-order valence-corrected chi connectivity index (χ4v) is 4.03. The monoisotopic (exact) mass is 507 g/mol.